The van der Waals surface area contributed by atoms with Gasteiger partial charge in [0.1, 0.15) is 11.2 Å². The second kappa shape index (κ2) is 15.6. The molecule has 0 aliphatic heterocycles. The minimum absolute atomic E-state index is 0.893. The number of para-hydroxylation sites is 4. The van der Waals surface area contributed by atoms with Crippen molar-refractivity contribution in [1.82, 2.24) is 4.57 Å². The topological polar surface area (TPSA) is 21.3 Å². The van der Waals surface area contributed by atoms with Crippen LogP contribution in [0.5, 0.6) is 0 Å². The molecule has 10 aromatic carbocycles. The molecule has 0 radical (unpaired) electrons. The molecule has 302 valence electrons. The van der Waals surface area contributed by atoms with E-state index >= 15 is 0 Å². The highest BCUT2D eigenvalue weighted by atomic mass is 28.3. The Morgan fingerprint density at radius 2 is 0.891 bits per heavy atom. The third-order valence-electron chi connectivity index (χ3n) is 12.9. The third-order valence-corrected chi connectivity index (χ3v) is 17.7. The van der Waals surface area contributed by atoms with Gasteiger partial charge < -0.3 is 13.9 Å². The summed E-state index contributed by atoms with van der Waals surface area (Å²) >= 11 is 0. The Balaban J connectivity index is 1.15. The van der Waals surface area contributed by atoms with Crippen molar-refractivity contribution in [2.45, 2.75) is 0 Å². The Kier molecular flexibility index (Phi) is 9.17. The van der Waals surface area contributed by atoms with E-state index in [4.69, 9.17) is 4.42 Å². The summed E-state index contributed by atoms with van der Waals surface area (Å²) in [6.45, 7) is 0. The fourth-order valence-corrected chi connectivity index (χ4v) is 15.0. The number of rotatable bonds is 9. The first-order chi connectivity index (χ1) is 31.8. The summed E-state index contributed by atoms with van der Waals surface area (Å²) in [5, 5.41) is 9.95. The van der Waals surface area contributed by atoms with Gasteiger partial charge in [0.25, 0.3) is 0 Å². The van der Waals surface area contributed by atoms with Crippen molar-refractivity contribution < 1.29 is 4.42 Å². The number of hydrogen-bond donors (Lipinski definition) is 0. The first-order valence-electron chi connectivity index (χ1n) is 21.9. The molecule has 64 heavy (non-hydrogen) atoms. The summed E-state index contributed by atoms with van der Waals surface area (Å²) < 4.78 is 9.03. The molecule has 0 saturated carbocycles. The van der Waals surface area contributed by atoms with Gasteiger partial charge in [0, 0.05) is 44.2 Å². The zero-order valence-corrected chi connectivity index (χ0v) is 36.1. The fraction of sp³-hybridized carbons (Fsp3) is 0. The Hall–Kier alpha value is -8.18. The third kappa shape index (κ3) is 6.03. The maximum atomic E-state index is 6.63. The molecule has 2 aromatic heterocycles. The monoisotopic (exact) mass is 834 g/mol. The smallest absolute Gasteiger partial charge is 0.179 e. The first-order valence-corrected chi connectivity index (χ1v) is 23.9. The van der Waals surface area contributed by atoms with Crippen LogP contribution in [0.25, 0.3) is 60.6 Å². The molecule has 0 aliphatic rings. The second-order valence-electron chi connectivity index (χ2n) is 16.4. The van der Waals surface area contributed by atoms with Crippen molar-refractivity contribution in [3.8, 4) is 16.8 Å². The standard InChI is InChI=1S/C60H42N2OSi/c1-5-22-44(23-6-1)62-55-37-15-13-34-54(55)59-56(38-20-39-57(59)62)61(45-24-17-21-43(41-45)51-35-19-36-53-52-33-14-16-40-58(52)63-60(51)53)46-25-18-32-50(42-46)64(47-26-7-2-8-27-47,48-28-9-3-10-29-48)49-30-11-4-12-31-49/h1-42H. The van der Waals surface area contributed by atoms with Gasteiger partial charge in [0.15, 0.2) is 8.07 Å². The van der Waals surface area contributed by atoms with Crippen LogP contribution in [0, 0.1) is 0 Å². The van der Waals surface area contributed by atoms with E-state index in [0.29, 0.717) is 0 Å². The number of nitrogens with zero attached hydrogens (tertiary/aromatic N) is 2. The predicted molar refractivity (Wildman–Crippen MR) is 272 cm³/mol. The molecule has 0 atom stereocenters. The van der Waals surface area contributed by atoms with E-state index in [2.05, 4.69) is 258 Å². The Bertz CT molecular complexity index is 3520. The quantitative estimate of drug-likeness (QED) is 0.107. The van der Waals surface area contributed by atoms with Crippen molar-refractivity contribution in [2.24, 2.45) is 0 Å². The molecule has 12 rings (SSSR count). The Morgan fingerprint density at radius 3 is 1.59 bits per heavy atom. The summed E-state index contributed by atoms with van der Waals surface area (Å²) in [5.41, 5.74) is 10.6. The zero-order chi connectivity index (χ0) is 42.5. The highest BCUT2D eigenvalue weighted by Gasteiger charge is 2.41. The number of fused-ring (bicyclic) bond motifs is 6. The van der Waals surface area contributed by atoms with Gasteiger partial charge in [-0.3, -0.25) is 0 Å². The minimum atomic E-state index is -2.87. The molecule has 3 nitrogen and oxygen atoms in total. The maximum absolute atomic E-state index is 6.63. The van der Waals surface area contributed by atoms with Crippen LogP contribution in [-0.4, -0.2) is 12.6 Å². The van der Waals surface area contributed by atoms with Crippen LogP contribution in [0.3, 0.4) is 0 Å². The van der Waals surface area contributed by atoms with Gasteiger partial charge in [-0.05, 0) is 87.0 Å². The van der Waals surface area contributed by atoms with Crippen LogP contribution in [0.4, 0.5) is 17.1 Å². The molecule has 0 bridgehead atoms. The van der Waals surface area contributed by atoms with E-state index < -0.39 is 8.07 Å². The van der Waals surface area contributed by atoms with E-state index in [1.807, 2.05) is 6.07 Å². The maximum Gasteiger partial charge on any atom is 0.179 e. The SMILES string of the molecule is c1ccc(-n2c3ccccc3c3c(N(c4cccc(-c5cccc6c5oc5ccccc56)c4)c4cccc([Si](c5ccccc5)(c5ccccc5)c5ccccc5)c4)cccc32)cc1. The number of anilines is 3. The lowest BCUT2D eigenvalue weighted by Gasteiger charge is -2.35. The van der Waals surface area contributed by atoms with Gasteiger partial charge in [-0.1, -0.05) is 194 Å². The molecule has 0 unspecified atom stereocenters. The highest BCUT2D eigenvalue weighted by molar-refractivity contribution is 7.19. The summed E-state index contributed by atoms with van der Waals surface area (Å²) in [5.74, 6) is 0. The largest absolute Gasteiger partial charge is 0.455 e. The first kappa shape index (κ1) is 37.6. The van der Waals surface area contributed by atoms with E-state index in [1.165, 1.54) is 37.0 Å². The van der Waals surface area contributed by atoms with Crippen LogP contribution < -0.4 is 25.6 Å². The Morgan fingerprint density at radius 1 is 0.375 bits per heavy atom. The van der Waals surface area contributed by atoms with Crippen LogP contribution in [0.1, 0.15) is 0 Å². The summed E-state index contributed by atoms with van der Waals surface area (Å²) in [6.07, 6.45) is 0. The van der Waals surface area contributed by atoms with Crippen molar-refractivity contribution in [1.29, 1.82) is 0 Å². The average molecular weight is 835 g/mol. The molecule has 0 spiro atoms. The van der Waals surface area contributed by atoms with Gasteiger partial charge in [-0.25, -0.2) is 0 Å². The Labute approximate surface area is 373 Å². The average Bonchev–Trinajstić information content (AvgIpc) is 3.93. The molecule has 2 heterocycles. The van der Waals surface area contributed by atoms with Gasteiger partial charge >= 0.3 is 0 Å². The molecule has 12 aromatic rings. The summed E-state index contributed by atoms with van der Waals surface area (Å²) in [4.78, 5) is 2.48. The molecule has 0 fully saturated rings. The van der Waals surface area contributed by atoms with E-state index in [1.54, 1.807) is 0 Å². The van der Waals surface area contributed by atoms with Crippen LogP contribution >= 0.6 is 0 Å². The van der Waals surface area contributed by atoms with E-state index in [0.717, 1.165) is 61.3 Å². The van der Waals surface area contributed by atoms with Crippen molar-refractivity contribution >= 4 is 89.6 Å². The number of hydrogen-bond acceptors (Lipinski definition) is 2. The van der Waals surface area contributed by atoms with E-state index in [9.17, 15) is 0 Å². The van der Waals surface area contributed by atoms with Crippen LogP contribution in [0.2, 0.25) is 0 Å². The normalized spacial score (nSPS) is 11.8. The lowest BCUT2D eigenvalue weighted by Crippen LogP contribution is -2.74. The molecule has 0 saturated heterocycles. The molecular weight excluding hydrogens is 793 g/mol. The molecular formula is C60H42N2OSi. The number of aromatic nitrogens is 1. The lowest BCUT2D eigenvalue weighted by molar-refractivity contribution is 0.670. The molecule has 4 heteroatoms. The fourth-order valence-electron chi connectivity index (χ4n) is 10.2. The number of benzene rings is 10. The predicted octanol–water partition coefficient (Wildman–Crippen LogP) is 13.2. The van der Waals surface area contributed by atoms with Gasteiger partial charge in [0.05, 0.1) is 16.7 Å². The number of furan rings is 1. The minimum Gasteiger partial charge on any atom is -0.455 e. The zero-order valence-electron chi connectivity index (χ0n) is 35.1. The van der Waals surface area contributed by atoms with Crippen LogP contribution in [-0.2, 0) is 0 Å². The highest BCUT2D eigenvalue weighted by Crippen LogP contribution is 2.45. The van der Waals surface area contributed by atoms with Crippen molar-refractivity contribution in [3.05, 3.63) is 255 Å². The summed E-state index contributed by atoms with van der Waals surface area (Å²) in [6, 6.07) is 93.0. The second-order valence-corrected chi connectivity index (χ2v) is 20.2. The van der Waals surface area contributed by atoms with Crippen LogP contribution in [0.15, 0.2) is 259 Å². The van der Waals surface area contributed by atoms with Gasteiger partial charge in [-0.15, -0.1) is 0 Å². The van der Waals surface area contributed by atoms with Crippen molar-refractivity contribution in [2.75, 3.05) is 4.90 Å². The van der Waals surface area contributed by atoms with Crippen molar-refractivity contribution in [3.63, 3.8) is 0 Å². The summed E-state index contributed by atoms with van der Waals surface area (Å²) in [7, 11) is -2.87. The van der Waals surface area contributed by atoms with E-state index in [-0.39, 0.29) is 0 Å². The lowest BCUT2D eigenvalue weighted by atomic mass is 10.0. The van der Waals surface area contributed by atoms with Gasteiger partial charge in [0.2, 0.25) is 0 Å². The molecule has 0 aliphatic carbocycles. The molecule has 0 amide bonds. The molecule has 0 N–H and O–H groups in total. The van der Waals surface area contributed by atoms with Gasteiger partial charge in [-0.2, -0.15) is 0 Å².